The van der Waals surface area contributed by atoms with Gasteiger partial charge >= 0.3 is 0 Å². The molecule has 4 aromatic rings. The molecule has 0 bridgehead atoms. The topological polar surface area (TPSA) is 65.2 Å². The molecule has 1 aliphatic rings. The zero-order valence-corrected chi connectivity index (χ0v) is 18.4. The van der Waals surface area contributed by atoms with E-state index in [2.05, 4.69) is 40.6 Å². The molecule has 1 aliphatic heterocycles. The van der Waals surface area contributed by atoms with Gasteiger partial charge in [-0.3, -0.25) is 9.59 Å². The number of para-hydroxylation sites is 1. The molecule has 1 unspecified atom stereocenters. The van der Waals surface area contributed by atoms with Gasteiger partial charge in [-0.15, -0.1) is 0 Å². The van der Waals surface area contributed by atoms with Crippen LogP contribution in [0, 0.1) is 0 Å². The van der Waals surface area contributed by atoms with E-state index in [0.29, 0.717) is 6.54 Å². The lowest BCUT2D eigenvalue weighted by molar-refractivity contribution is -0.128. The van der Waals surface area contributed by atoms with Gasteiger partial charge in [0.25, 0.3) is 0 Å². The third kappa shape index (κ3) is 4.17. The molecule has 1 aromatic heterocycles. The first-order valence-corrected chi connectivity index (χ1v) is 11.1. The Labute approximate surface area is 192 Å². The fourth-order valence-corrected chi connectivity index (χ4v) is 4.60. The number of fused-ring (bicyclic) bond motifs is 3. The van der Waals surface area contributed by atoms with E-state index in [4.69, 9.17) is 0 Å². The molecule has 5 nitrogen and oxygen atoms in total. The van der Waals surface area contributed by atoms with Gasteiger partial charge in [0.15, 0.2) is 0 Å². The number of nitrogens with zero attached hydrogens (tertiary/aromatic N) is 1. The summed E-state index contributed by atoms with van der Waals surface area (Å²) in [4.78, 5) is 30.1. The number of carbonyl (C=O) groups excluding carboxylic acids is 2. The zero-order chi connectivity index (χ0) is 22.8. The van der Waals surface area contributed by atoms with Crippen molar-refractivity contribution in [2.75, 3.05) is 11.9 Å². The summed E-state index contributed by atoms with van der Waals surface area (Å²) in [6.45, 7) is 2.13. The number of anilines is 1. The molecule has 1 atom stereocenters. The van der Waals surface area contributed by atoms with E-state index in [1.54, 1.807) is 6.08 Å². The molecule has 0 aliphatic carbocycles. The van der Waals surface area contributed by atoms with Gasteiger partial charge < -0.3 is 15.2 Å². The summed E-state index contributed by atoms with van der Waals surface area (Å²) in [5.74, 6) is -0.138. The quantitative estimate of drug-likeness (QED) is 0.427. The van der Waals surface area contributed by atoms with Crippen molar-refractivity contribution in [1.82, 2.24) is 9.88 Å². The van der Waals surface area contributed by atoms with E-state index < -0.39 is 0 Å². The van der Waals surface area contributed by atoms with E-state index in [0.717, 1.165) is 34.4 Å². The van der Waals surface area contributed by atoms with E-state index >= 15 is 0 Å². The standard InChI is InChI=1S/C28H25N3O2/c1-19(32)29-22-14-11-20(12-15-22)13-16-26(33)31-18-17-24-23-9-5-6-10-25(23)30-27(24)28(31)21-7-3-2-4-8-21/h2-16,28,30H,17-18H2,1H3,(H,29,32)/b16-13+. The maximum atomic E-state index is 13.4. The Balaban J connectivity index is 1.45. The van der Waals surface area contributed by atoms with Crippen LogP contribution in [0.4, 0.5) is 5.69 Å². The van der Waals surface area contributed by atoms with E-state index in [1.807, 2.05) is 59.5 Å². The van der Waals surface area contributed by atoms with Crippen LogP contribution in [0.3, 0.4) is 0 Å². The predicted molar refractivity (Wildman–Crippen MR) is 132 cm³/mol. The molecule has 2 heterocycles. The Morgan fingerprint density at radius 2 is 1.70 bits per heavy atom. The van der Waals surface area contributed by atoms with Gasteiger partial charge in [-0.2, -0.15) is 0 Å². The van der Waals surface area contributed by atoms with Gasteiger partial charge in [0.2, 0.25) is 11.8 Å². The lowest BCUT2D eigenvalue weighted by Crippen LogP contribution is -2.39. The fraction of sp³-hybridized carbons (Fsp3) is 0.143. The SMILES string of the molecule is CC(=O)Nc1ccc(/C=C/C(=O)N2CCc3c([nH]c4ccccc34)C2c2ccccc2)cc1. The number of hydrogen-bond donors (Lipinski definition) is 2. The number of hydrogen-bond acceptors (Lipinski definition) is 2. The molecule has 0 saturated carbocycles. The number of aromatic nitrogens is 1. The first kappa shape index (κ1) is 20.8. The lowest BCUT2D eigenvalue weighted by Gasteiger charge is -2.35. The number of amides is 2. The average molecular weight is 436 g/mol. The lowest BCUT2D eigenvalue weighted by atomic mass is 9.92. The third-order valence-corrected chi connectivity index (χ3v) is 6.08. The minimum atomic E-state index is -0.165. The highest BCUT2D eigenvalue weighted by Crippen LogP contribution is 2.38. The van der Waals surface area contributed by atoms with Gasteiger partial charge in [0.1, 0.15) is 0 Å². The molecule has 3 aromatic carbocycles. The Kier molecular flexibility index (Phi) is 5.53. The van der Waals surface area contributed by atoms with Crippen LogP contribution in [0.25, 0.3) is 17.0 Å². The summed E-state index contributed by atoms with van der Waals surface area (Å²) in [6.07, 6.45) is 4.27. The minimum absolute atomic E-state index is 0.0286. The van der Waals surface area contributed by atoms with Crippen molar-refractivity contribution in [2.24, 2.45) is 0 Å². The van der Waals surface area contributed by atoms with Crippen molar-refractivity contribution in [3.63, 3.8) is 0 Å². The molecule has 0 radical (unpaired) electrons. The third-order valence-electron chi connectivity index (χ3n) is 6.08. The Bertz CT molecular complexity index is 1340. The highest BCUT2D eigenvalue weighted by molar-refractivity contribution is 5.94. The molecule has 0 saturated heterocycles. The van der Waals surface area contributed by atoms with Gasteiger partial charge in [-0.25, -0.2) is 0 Å². The summed E-state index contributed by atoms with van der Waals surface area (Å²) >= 11 is 0. The van der Waals surface area contributed by atoms with Crippen LogP contribution in [-0.2, 0) is 16.0 Å². The number of rotatable bonds is 4. The van der Waals surface area contributed by atoms with Crippen LogP contribution in [-0.4, -0.2) is 28.2 Å². The smallest absolute Gasteiger partial charge is 0.247 e. The number of aromatic amines is 1. The highest BCUT2D eigenvalue weighted by Gasteiger charge is 2.33. The van der Waals surface area contributed by atoms with Crippen LogP contribution in [0.2, 0.25) is 0 Å². The maximum absolute atomic E-state index is 13.4. The monoisotopic (exact) mass is 435 g/mol. The van der Waals surface area contributed by atoms with E-state index in [1.165, 1.54) is 17.9 Å². The van der Waals surface area contributed by atoms with Gasteiger partial charge in [0, 0.05) is 41.8 Å². The Hall–Kier alpha value is -4.12. The number of nitrogens with one attached hydrogen (secondary N) is 2. The summed E-state index contributed by atoms with van der Waals surface area (Å²) < 4.78 is 0. The second kappa shape index (κ2) is 8.79. The highest BCUT2D eigenvalue weighted by atomic mass is 16.2. The second-order valence-corrected chi connectivity index (χ2v) is 8.29. The van der Waals surface area contributed by atoms with Crippen molar-refractivity contribution in [1.29, 1.82) is 0 Å². The van der Waals surface area contributed by atoms with E-state index in [-0.39, 0.29) is 17.9 Å². The van der Waals surface area contributed by atoms with Crippen LogP contribution < -0.4 is 5.32 Å². The van der Waals surface area contributed by atoms with Crippen molar-refractivity contribution in [2.45, 2.75) is 19.4 Å². The number of benzene rings is 3. The average Bonchev–Trinajstić information content (AvgIpc) is 3.22. The minimum Gasteiger partial charge on any atom is -0.356 e. The Morgan fingerprint density at radius 1 is 0.970 bits per heavy atom. The molecule has 5 heteroatoms. The van der Waals surface area contributed by atoms with Gasteiger partial charge in [-0.1, -0.05) is 60.7 Å². The maximum Gasteiger partial charge on any atom is 0.247 e. The first-order chi connectivity index (χ1) is 16.1. The fourth-order valence-electron chi connectivity index (χ4n) is 4.60. The first-order valence-electron chi connectivity index (χ1n) is 11.1. The Morgan fingerprint density at radius 3 is 2.45 bits per heavy atom. The summed E-state index contributed by atoms with van der Waals surface area (Å²) in [5, 5.41) is 3.98. The molecular weight excluding hydrogens is 410 g/mol. The molecular formula is C28H25N3O2. The summed E-state index contributed by atoms with van der Waals surface area (Å²) in [7, 11) is 0. The van der Waals surface area contributed by atoms with Crippen LogP contribution in [0.15, 0.2) is 84.9 Å². The molecule has 164 valence electrons. The van der Waals surface area contributed by atoms with Crippen LogP contribution in [0.5, 0.6) is 0 Å². The molecule has 0 spiro atoms. The summed E-state index contributed by atoms with van der Waals surface area (Å²) in [5.41, 5.74) is 6.21. The van der Waals surface area contributed by atoms with Crippen molar-refractivity contribution in [3.8, 4) is 0 Å². The van der Waals surface area contributed by atoms with Gasteiger partial charge in [-0.05, 0) is 47.4 Å². The molecule has 0 fully saturated rings. The van der Waals surface area contributed by atoms with Crippen molar-refractivity contribution in [3.05, 3.63) is 107 Å². The molecule has 5 rings (SSSR count). The van der Waals surface area contributed by atoms with Gasteiger partial charge in [0.05, 0.1) is 6.04 Å². The van der Waals surface area contributed by atoms with Crippen LogP contribution >= 0.6 is 0 Å². The molecule has 2 N–H and O–H groups in total. The van der Waals surface area contributed by atoms with Crippen molar-refractivity contribution < 1.29 is 9.59 Å². The molecule has 33 heavy (non-hydrogen) atoms. The summed E-state index contributed by atoms with van der Waals surface area (Å²) in [6, 6.07) is 25.8. The number of H-pyrrole nitrogens is 1. The normalized spacial score (nSPS) is 15.5. The number of carbonyl (C=O) groups is 2. The largest absolute Gasteiger partial charge is 0.356 e. The second-order valence-electron chi connectivity index (χ2n) is 8.29. The zero-order valence-electron chi connectivity index (χ0n) is 18.4. The van der Waals surface area contributed by atoms with E-state index in [9.17, 15) is 9.59 Å². The van der Waals surface area contributed by atoms with Crippen LogP contribution in [0.1, 0.15) is 35.3 Å². The predicted octanol–water partition coefficient (Wildman–Crippen LogP) is 5.31. The van der Waals surface area contributed by atoms with Crippen molar-refractivity contribution >= 4 is 34.5 Å². The molecule has 2 amide bonds.